The van der Waals surface area contributed by atoms with Gasteiger partial charge in [-0.25, -0.2) is 9.97 Å². The molecule has 0 bridgehead atoms. The van der Waals surface area contributed by atoms with Crippen LogP contribution in [0.2, 0.25) is 0 Å². The maximum atomic E-state index is 4.19. The van der Waals surface area contributed by atoms with Gasteiger partial charge >= 0.3 is 0 Å². The van der Waals surface area contributed by atoms with Crippen LogP contribution in [-0.4, -0.2) is 35.6 Å². The largest absolute Gasteiger partial charge is 0.368 e. The van der Waals surface area contributed by atoms with E-state index >= 15 is 0 Å². The van der Waals surface area contributed by atoms with Crippen LogP contribution >= 0.6 is 0 Å². The third kappa shape index (κ3) is 3.71. The molecule has 0 amide bonds. The lowest BCUT2D eigenvalue weighted by atomic mass is 10.2. The Hall–Kier alpha value is -1.62. The zero-order chi connectivity index (χ0) is 11.9. The molecule has 1 fully saturated rings. The van der Waals surface area contributed by atoms with E-state index in [0.717, 1.165) is 24.7 Å². The Morgan fingerprint density at radius 2 is 2.24 bits per heavy atom. The minimum Gasteiger partial charge on any atom is -0.368 e. The van der Waals surface area contributed by atoms with Crippen LogP contribution in [0.3, 0.4) is 0 Å². The summed E-state index contributed by atoms with van der Waals surface area (Å²) in [7, 11) is 0. The Morgan fingerprint density at radius 3 is 2.94 bits per heavy atom. The van der Waals surface area contributed by atoms with E-state index < -0.39 is 0 Å². The van der Waals surface area contributed by atoms with Crippen molar-refractivity contribution in [2.75, 3.05) is 30.3 Å². The number of nitrogens with zero attached hydrogens (tertiary/aromatic N) is 2. The van der Waals surface area contributed by atoms with Crippen LogP contribution in [0, 0.1) is 0 Å². The topological polar surface area (TPSA) is 61.9 Å². The van der Waals surface area contributed by atoms with Crippen LogP contribution in [0.1, 0.15) is 12.8 Å². The second kappa shape index (κ2) is 6.20. The van der Waals surface area contributed by atoms with E-state index in [9.17, 15) is 0 Å². The minimum absolute atomic E-state index is 0.564. The Bertz CT molecular complexity index is 360. The number of hydrogen-bond acceptors (Lipinski definition) is 5. The lowest BCUT2D eigenvalue weighted by Gasteiger charge is -2.12. The highest BCUT2D eigenvalue weighted by Crippen LogP contribution is 2.10. The van der Waals surface area contributed by atoms with Crippen LogP contribution in [-0.2, 0) is 0 Å². The van der Waals surface area contributed by atoms with Gasteiger partial charge in [-0.15, -0.1) is 6.58 Å². The summed E-state index contributed by atoms with van der Waals surface area (Å²) < 4.78 is 0. The molecule has 0 saturated carbocycles. The van der Waals surface area contributed by atoms with E-state index in [4.69, 9.17) is 0 Å². The van der Waals surface area contributed by atoms with E-state index in [1.54, 1.807) is 12.4 Å². The molecule has 2 heterocycles. The number of aromatic nitrogens is 2. The number of rotatable bonds is 6. The first-order valence-electron chi connectivity index (χ1n) is 6.02. The van der Waals surface area contributed by atoms with Gasteiger partial charge in [-0.1, -0.05) is 6.08 Å². The van der Waals surface area contributed by atoms with Crippen LogP contribution < -0.4 is 16.0 Å². The molecular weight excluding hydrogens is 214 g/mol. The van der Waals surface area contributed by atoms with Gasteiger partial charge in [0.25, 0.3) is 0 Å². The maximum Gasteiger partial charge on any atom is 0.131 e. The first-order valence-corrected chi connectivity index (χ1v) is 6.02. The normalized spacial score (nSPS) is 18.9. The molecule has 3 N–H and O–H groups in total. The van der Waals surface area contributed by atoms with Gasteiger partial charge in [-0.05, 0) is 19.4 Å². The average Bonchev–Trinajstić information content (AvgIpc) is 2.87. The molecule has 1 aromatic rings. The maximum absolute atomic E-state index is 4.19. The van der Waals surface area contributed by atoms with E-state index in [2.05, 4.69) is 32.5 Å². The first-order chi connectivity index (χ1) is 8.38. The van der Waals surface area contributed by atoms with Crippen molar-refractivity contribution in [3.05, 3.63) is 25.0 Å². The van der Waals surface area contributed by atoms with Crippen molar-refractivity contribution >= 4 is 11.6 Å². The quantitative estimate of drug-likeness (QED) is 0.645. The summed E-state index contributed by atoms with van der Waals surface area (Å²) in [5, 5.41) is 9.90. The smallest absolute Gasteiger partial charge is 0.131 e. The zero-order valence-corrected chi connectivity index (χ0v) is 9.95. The van der Waals surface area contributed by atoms with Gasteiger partial charge < -0.3 is 16.0 Å². The second-order valence-electron chi connectivity index (χ2n) is 4.13. The van der Waals surface area contributed by atoms with Crippen molar-refractivity contribution < 1.29 is 0 Å². The monoisotopic (exact) mass is 233 g/mol. The van der Waals surface area contributed by atoms with Gasteiger partial charge in [0.05, 0.1) is 0 Å². The summed E-state index contributed by atoms with van der Waals surface area (Å²) in [5.41, 5.74) is 0. The molecule has 92 valence electrons. The lowest BCUT2D eigenvalue weighted by Crippen LogP contribution is -2.29. The minimum atomic E-state index is 0.564. The van der Waals surface area contributed by atoms with Gasteiger partial charge in [0, 0.05) is 25.2 Å². The Balaban J connectivity index is 1.84. The van der Waals surface area contributed by atoms with E-state index in [1.807, 2.05) is 6.07 Å². The summed E-state index contributed by atoms with van der Waals surface area (Å²) in [4.78, 5) is 8.32. The zero-order valence-electron chi connectivity index (χ0n) is 9.95. The summed E-state index contributed by atoms with van der Waals surface area (Å²) >= 11 is 0. The van der Waals surface area contributed by atoms with Crippen molar-refractivity contribution in [1.29, 1.82) is 0 Å². The average molecular weight is 233 g/mol. The summed E-state index contributed by atoms with van der Waals surface area (Å²) in [5.74, 6) is 1.68. The molecule has 1 unspecified atom stereocenters. The van der Waals surface area contributed by atoms with Gasteiger partial charge in [-0.2, -0.15) is 0 Å². The molecule has 0 radical (unpaired) electrons. The fourth-order valence-electron chi connectivity index (χ4n) is 1.89. The van der Waals surface area contributed by atoms with Crippen LogP contribution in [0.4, 0.5) is 11.6 Å². The molecule has 1 aliphatic rings. The molecule has 1 atom stereocenters. The van der Waals surface area contributed by atoms with Gasteiger partial charge in [0.2, 0.25) is 0 Å². The fourth-order valence-corrected chi connectivity index (χ4v) is 1.89. The molecular formula is C12H19N5. The number of nitrogens with one attached hydrogen (secondary N) is 3. The van der Waals surface area contributed by atoms with Gasteiger partial charge in [-0.3, -0.25) is 0 Å². The predicted octanol–water partition coefficient (Wildman–Crippen LogP) is 1.24. The van der Waals surface area contributed by atoms with Crippen LogP contribution in [0.25, 0.3) is 0 Å². The molecule has 5 heteroatoms. The summed E-state index contributed by atoms with van der Waals surface area (Å²) in [6.45, 7) is 6.41. The van der Waals surface area contributed by atoms with Crippen molar-refractivity contribution in [3.63, 3.8) is 0 Å². The first kappa shape index (κ1) is 11.9. The molecule has 5 nitrogen and oxygen atoms in total. The third-order valence-electron chi connectivity index (χ3n) is 2.79. The standard InChI is InChI=1S/C12H19N5/c1-2-5-14-11-7-12(17-9-16-11)15-8-10-4-3-6-13-10/h2,7,9-10,13H,1,3-6,8H2,(H2,14,15,16,17). The van der Waals surface area contributed by atoms with Crippen molar-refractivity contribution in [1.82, 2.24) is 15.3 Å². The highest BCUT2D eigenvalue weighted by molar-refractivity contribution is 5.46. The highest BCUT2D eigenvalue weighted by atomic mass is 15.1. The third-order valence-corrected chi connectivity index (χ3v) is 2.79. The van der Waals surface area contributed by atoms with E-state index in [-0.39, 0.29) is 0 Å². The van der Waals surface area contributed by atoms with E-state index in [1.165, 1.54) is 12.8 Å². The number of hydrogen-bond donors (Lipinski definition) is 3. The SMILES string of the molecule is C=CCNc1cc(NCC2CCCN2)ncn1. The van der Waals surface area contributed by atoms with Crippen molar-refractivity contribution in [3.8, 4) is 0 Å². The Kier molecular flexibility index (Phi) is 4.32. The second-order valence-corrected chi connectivity index (χ2v) is 4.13. The summed E-state index contributed by atoms with van der Waals surface area (Å²) in [6.07, 6.45) is 5.87. The highest BCUT2D eigenvalue weighted by Gasteiger charge is 2.13. The van der Waals surface area contributed by atoms with Gasteiger partial charge in [0.15, 0.2) is 0 Å². The lowest BCUT2D eigenvalue weighted by molar-refractivity contribution is 0.632. The van der Waals surface area contributed by atoms with Crippen LogP contribution in [0.5, 0.6) is 0 Å². The van der Waals surface area contributed by atoms with Crippen molar-refractivity contribution in [2.45, 2.75) is 18.9 Å². The van der Waals surface area contributed by atoms with E-state index in [0.29, 0.717) is 12.6 Å². The number of anilines is 2. The van der Waals surface area contributed by atoms with Crippen LogP contribution in [0.15, 0.2) is 25.0 Å². The Labute approximate surface area is 102 Å². The molecule has 2 rings (SSSR count). The molecule has 0 aromatic carbocycles. The molecule has 17 heavy (non-hydrogen) atoms. The molecule has 0 aliphatic carbocycles. The predicted molar refractivity (Wildman–Crippen MR) is 70.2 cm³/mol. The molecule has 1 saturated heterocycles. The Morgan fingerprint density at radius 1 is 1.41 bits per heavy atom. The summed E-state index contributed by atoms with van der Waals surface area (Å²) in [6, 6.07) is 2.48. The molecule has 0 spiro atoms. The van der Waals surface area contributed by atoms with Crippen molar-refractivity contribution in [2.24, 2.45) is 0 Å². The fraction of sp³-hybridized carbons (Fsp3) is 0.500. The molecule has 1 aromatic heterocycles. The molecule has 1 aliphatic heterocycles. The van der Waals surface area contributed by atoms with Gasteiger partial charge in [0.1, 0.15) is 18.0 Å².